The number of amides is 1. The van der Waals surface area contributed by atoms with Crippen LogP contribution < -0.4 is 15.4 Å². The van der Waals surface area contributed by atoms with Gasteiger partial charge in [0.2, 0.25) is 0 Å². The van der Waals surface area contributed by atoms with Crippen LogP contribution in [0.3, 0.4) is 0 Å². The molecule has 0 saturated carbocycles. The van der Waals surface area contributed by atoms with Crippen molar-refractivity contribution >= 4 is 23.3 Å². The van der Waals surface area contributed by atoms with Gasteiger partial charge < -0.3 is 20.5 Å². The molecule has 2 heterocycles. The van der Waals surface area contributed by atoms with Gasteiger partial charge in [-0.1, -0.05) is 12.1 Å². The van der Waals surface area contributed by atoms with Gasteiger partial charge in [0.15, 0.2) is 5.65 Å². The third-order valence-electron chi connectivity index (χ3n) is 4.45. The van der Waals surface area contributed by atoms with Crippen LogP contribution in [0.25, 0.3) is 16.9 Å². The van der Waals surface area contributed by atoms with Gasteiger partial charge in [0.25, 0.3) is 5.91 Å². The van der Waals surface area contributed by atoms with Crippen molar-refractivity contribution in [2.45, 2.75) is 39.3 Å². The number of nitrogens with zero attached hydrogens (tertiary/aromatic N) is 2. The lowest BCUT2D eigenvalue weighted by atomic mass is 10.1. The van der Waals surface area contributed by atoms with E-state index in [1.165, 1.54) is 6.92 Å². The molecule has 1 aromatic carbocycles. The summed E-state index contributed by atoms with van der Waals surface area (Å²) >= 11 is 0. The Morgan fingerprint density at radius 2 is 1.93 bits per heavy atom. The summed E-state index contributed by atoms with van der Waals surface area (Å²) in [6.45, 7) is 7.52. The van der Waals surface area contributed by atoms with Crippen molar-refractivity contribution in [2.75, 3.05) is 12.4 Å². The number of imidazole rings is 1. The summed E-state index contributed by atoms with van der Waals surface area (Å²) in [5, 5.41) is 15.1. The van der Waals surface area contributed by atoms with Gasteiger partial charge in [-0.2, -0.15) is 0 Å². The van der Waals surface area contributed by atoms with E-state index < -0.39 is 17.9 Å². The third-order valence-corrected chi connectivity index (χ3v) is 4.45. The monoisotopic (exact) mass is 410 g/mol. The van der Waals surface area contributed by atoms with Crippen molar-refractivity contribution in [3.63, 3.8) is 0 Å². The van der Waals surface area contributed by atoms with Crippen molar-refractivity contribution in [3.8, 4) is 17.0 Å². The van der Waals surface area contributed by atoms with Crippen LogP contribution in [0.1, 0.15) is 38.1 Å². The average molecular weight is 410 g/mol. The Hall–Kier alpha value is -3.55. The largest absolute Gasteiger partial charge is 0.497 e. The molecule has 0 saturated heterocycles. The van der Waals surface area contributed by atoms with Gasteiger partial charge in [-0.05, 0) is 52.0 Å². The number of hydrogen-bond acceptors (Lipinski definition) is 5. The van der Waals surface area contributed by atoms with Gasteiger partial charge in [0, 0.05) is 17.3 Å². The molecule has 158 valence electrons. The number of ether oxygens (including phenoxy) is 1. The van der Waals surface area contributed by atoms with E-state index in [9.17, 15) is 9.59 Å². The molecule has 1 unspecified atom stereocenters. The number of anilines is 1. The average Bonchev–Trinajstić information content (AvgIpc) is 3.04. The maximum absolute atomic E-state index is 12.7. The number of methoxy groups -OCH3 is 1. The highest BCUT2D eigenvalue weighted by atomic mass is 16.5. The molecule has 0 fully saturated rings. The van der Waals surface area contributed by atoms with Gasteiger partial charge in [-0.15, -0.1) is 0 Å². The molecule has 1 atom stereocenters. The Bertz CT molecular complexity index is 1100. The summed E-state index contributed by atoms with van der Waals surface area (Å²) < 4.78 is 7.15. The minimum atomic E-state index is -1.11. The molecule has 8 nitrogen and oxygen atoms in total. The molecule has 0 aliphatic heterocycles. The first-order chi connectivity index (χ1) is 14.1. The number of benzene rings is 1. The number of rotatable bonds is 6. The predicted molar refractivity (Wildman–Crippen MR) is 115 cm³/mol. The first-order valence-electron chi connectivity index (χ1n) is 9.58. The molecule has 3 rings (SSSR count). The van der Waals surface area contributed by atoms with Crippen LogP contribution in [0.15, 0.2) is 42.6 Å². The molecule has 30 heavy (non-hydrogen) atoms. The minimum absolute atomic E-state index is 0.264. The number of carbonyl (C=O) groups is 2. The molecule has 0 spiro atoms. The zero-order valence-corrected chi connectivity index (χ0v) is 17.7. The fourth-order valence-electron chi connectivity index (χ4n) is 3.03. The number of carboxylic acids is 1. The van der Waals surface area contributed by atoms with Crippen LogP contribution in [0.2, 0.25) is 0 Å². The summed E-state index contributed by atoms with van der Waals surface area (Å²) in [4.78, 5) is 28.6. The van der Waals surface area contributed by atoms with Gasteiger partial charge in [0.1, 0.15) is 23.3 Å². The number of carboxylic acid groups (broad SMARTS) is 1. The second-order valence-corrected chi connectivity index (χ2v) is 8.06. The van der Waals surface area contributed by atoms with E-state index in [1.807, 2.05) is 51.2 Å². The Labute approximate surface area is 174 Å². The van der Waals surface area contributed by atoms with Crippen molar-refractivity contribution in [3.05, 3.63) is 48.2 Å². The number of aromatic nitrogens is 2. The van der Waals surface area contributed by atoms with E-state index in [0.717, 1.165) is 11.4 Å². The molecule has 3 N–H and O–H groups in total. The second-order valence-electron chi connectivity index (χ2n) is 8.06. The number of pyridine rings is 1. The maximum atomic E-state index is 12.7. The summed E-state index contributed by atoms with van der Waals surface area (Å²) in [5.41, 5.74) is 1.94. The van der Waals surface area contributed by atoms with Crippen LogP contribution in [0.5, 0.6) is 5.75 Å². The number of fused-ring (bicyclic) bond motifs is 1. The molecule has 3 aromatic rings. The molecule has 0 bridgehead atoms. The van der Waals surface area contributed by atoms with Gasteiger partial charge in [-0.3, -0.25) is 14.0 Å². The van der Waals surface area contributed by atoms with Crippen molar-refractivity contribution < 1.29 is 19.4 Å². The zero-order valence-electron chi connectivity index (χ0n) is 17.7. The quantitative estimate of drug-likeness (QED) is 0.575. The standard InChI is InChI=1S/C22H26N4O4/c1-13(21(28)29)23-20(27)16-10-7-11-26-18(16)24-17(19(26)25-22(2,3)4)14-8-6-9-15(12-14)30-5/h6-13,25H,1-5H3,(H,23,27)(H,28,29). The summed E-state index contributed by atoms with van der Waals surface area (Å²) in [6, 6.07) is 9.87. The Kier molecular flexibility index (Phi) is 5.69. The Morgan fingerprint density at radius 1 is 1.20 bits per heavy atom. The van der Waals surface area contributed by atoms with Gasteiger partial charge >= 0.3 is 5.97 Å². The highest BCUT2D eigenvalue weighted by Gasteiger charge is 2.24. The molecule has 1 amide bonds. The Balaban J connectivity index is 2.19. The molecule has 0 radical (unpaired) electrons. The van der Waals surface area contributed by atoms with Crippen LogP contribution in [0, 0.1) is 0 Å². The highest BCUT2D eigenvalue weighted by molar-refractivity contribution is 6.02. The number of nitrogens with one attached hydrogen (secondary N) is 2. The fraction of sp³-hybridized carbons (Fsp3) is 0.318. The molecular formula is C22H26N4O4. The second kappa shape index (κ2) is 8.06. The normalized spacial score (nSPS) is 12.4. The topological polar surface area (TPSA) is 105 Å². The zero-order chi connectivity index (χ0) is 22.1. The number of carbonyl (C=O) groups excluding carboxylic acids is 1. The fourth-order valence-corrected chi connectivity index (χ4v) is 3.03. The predicted octanol–water partition coefficient (Wildman–Crippen LogP) is 3.42. The molecule has 0 aliphatic carbocycles. The number of aliphatic carboxylic acids is 1. The van der Waals surface area contributed by atoms with E-state index in [4.69, 9.17) is 14.8 Å². The molecular weight excluding hydrogens is 384 g/mol. The van der Waals surface area contributed by atoms with E-state index in [0.29, 0.717) is 17.1 Å². The van der Waals surface area contributed by atoms with Crippen LogP contribution >= 0.6 is 0 Å². The van der Waals surface area contributed by atoms with Crippen LogP contribution in [0.4, 0.5) is 5.82 Å². The highest BCUT2D eigenvalue weighted by Crippen LogP contribution is 2.33. The van der Waals surface area contributed by atoms with Crippen molar-refractivity contribution in [2.24, 2.45) is 0 Å². The summed E-state index contributed by atoms with van der Waals surface area (Å²) in [6.07, 6.45) is 1.82. The molecule has 8 heteroatoms. The first-order valence-corrected chi connectivity index (χ1v) is 9.58. The van der Waals surface area contributed by atoms with Gasteiger partial charge in [0.05, 0.1) is 12.7 Å². The smallest absolute Gasteiger partial charge is 0.325 e. The lowest BCUT2D eigenvalue weighted by Crippen LogP contribution is -2.38. The third kappa shape index (κ3) is 4.37. The lowest BCUT2D eigenvalue weighted by molar-refractivity contribution is -0.138. The maximum Gasteiger partial charge on any atom is 0.325 e. The lowest BCUT2D eigenvalue weighted by Gasteiger charge is -2.22. The Morgan fingerprint density at radius 3 is 2.57 bits per heavy atom. The van der Waals surface area contributed by atoms with Crippen molar-refractivity contribution in [1.29, 1.82) is 0 Å². The molecule has 2 aromatic heterocycles. The van der Waals surface area contributed by atoms with Crippen LogP contribution in [-0.4, -0.2) is 45.1 Å². The van der Waals surface area contributed by atoms with E-state index in [2.05, 4.69) is 10.6 Å². The molecule has 0 aliphatic rings. The summed E-state index contributed by atoms with van der Waals surface area (Å²) in [7, 11) is 1.60. The van der Waals surface area contributed by atoms with E-state index >= 15 is 0 Å². The minimum Gasteiger partial charge on any atom is -0.497 e. The van der Waals surface area contributed by atoms with Crippen molar-refractivity contribution in [1.82, 2.24) is 14.7 Å². The van der Waals surface area contributed by atoms with Gasteiger partial charge in [-0.25, -0.2) is 4.98 Å². The SMILES string of the molecule is COc1cccc(-c2nc3c(C(=O)NC(C)C(=O)O)cccn3c2NC(C)(C)C)c1. The first kappa shape index (κ1) is 21.2. The van der Waals surface area contributed by atoms with E-state index in [1.54, 1.807) is 23.6 Å². The number of hydrogen-bond donors (Lipinski definition) is 3. The van der Waals surface area contributed by atoms with Crippen LogP contribution in [-0.2, 0) is 4.79 Å². The summed E-state index contributed by atoms with van der Waals surface area (Å²) in [5.74, 6) is -0.183. The van der Waals surface area contributed by atoms with E-state index in [-0.39, 0.29) is 11.1 Å².